The molecule has 0 aliphatic carbocycles. The zero-order valence-corrected chi connectivity index (χ0v) is 11.8. The largest absolute Gasteiger partial charge is 0.356 e. The fourth-order valence-corrected chi connectivity index (χ4v) is 2.61. The molecule has 0 saturated carbocycles. The number of hydrogen-bond acceptors (Lipinski definition) is 1. The third-order valence-corrected chi connectivity index (χ3v) is 3.72. The second kappa shape index (κ2) is 5.11. The van der Waals surface area contributed by atoms with Crippen LogP contribution in [0.3, 0.4) is 0 Å². The van der Waals surface area contributed by atoms with Crippen molar-refractivity contribution in [3.8, 4) is 0 Å². The normalized spacial score (nSPS) is 11.0. The fraction of sp³-hybridized carbons (Fsp3) is 0. The van der Waals surface area contributed by atoms with E-state index in [1.54, 1.807) is 12.1 Å². The van der Waals surface area contributed by atoms with Crippen molar-refractivity contribution in [3.05, 3.63) is 84.9 Å². The molecule has 0 amide bonds. The highest BCUT2D eigenvalue weighted by Crippen LogP contribution is 2.22. The molecule has 0 saturated heterocycles. The Morgan fingerprint density at radius 1 is 0.773 bits per heavy atom. The second-order valence-electron chi connectivity index (χ2n) is 5.28. The van der Waals surface area contributed by atoms with Crippen LogP contribution in [0.1, 0.15) is 0 Å². The van der Waals surface area contributed by atoms with Gasteiger partial charge in [0.1, 0.15) is 5.82 Å². The lowest BCUT2D eigenvalue weighted by Crippen LogP contribution is -2.19. The molecule has 2 heterocycles. The molecule has 0 spiro atoms. The molecule has 1 N–H and O–H groups in total. The van der Waals surface area contributed by atoms with E-state index >= 15 is 0 Å². The fourth-order valence-electron chi connectivity index (χ4n) is 2.61. The van der Waals surface area contributed by atoms with Crippen LogP contribution in [0, 0.1) is 5.82 Å². The van der Waals surface area contributed by atoms with Gasteiger partial charge in [-0.1, -0.05) is 0 Å². The monoisotopic (exact) mass is 289 g/mol. The lowest BCUT2D eigenvalue weighted by Gasteiger charge is -2.07. The van der Waals surface area contributed by atoms with Crippen molar-refractivity contribution < 1.29 is 8.79 Å². The Balaban J connectivity index is 1.76. The summed E-state index contributed by atoms with van der Waals surface area (Å²) >= 11 is 0. The molecular formula is C19H14FN2+. The van der Waals surface area contributed by atoms with E-state index in [1.165, 1.54) is 22.9 Å². The van der Waals surface area contributed by atoms with Gasteiger partial charge in [-0.3, -0.25) is 0 Å². The highest BCUT2D eigenvalue weighted by atomic mass is 19.1. The first-order valence-electron chi connectivity index (χ1n) is 7.14. The number of aromatic nitrogens is 1. The van der Waals surface area contributed by atoms with Crippen LogP contribution in [0.2, 0.25) is 0 Å². The van der Waals surface area contributed by atoms with Gasteiger partial charge < -0.3 is 5.32 Å². The summed E-state index contributed by atoms with van der Waals surface area (Å²) in [4.78, 5) is 0. The predicted octanol–water partition coefficient (Wildman–Crippen LogP) is 4.46. The van der Waals surface area contributed by atoms with E-state index in [0.29, 0.717) is 0 Å². The number of pyridine rings is 2. The lowest BCUT2D eigenvalue weighted by atomic mass is 10.1. The molecule has 2 aromatic carbocycles. The summed E-state index contributed by atoms with van der Waals surface area (Å²) < 4.78 is 15.1. The molecule has 22 heavy (non-hydrogen) atoms. The quantitative estimate of drug-likeness (QED) is 0.425. The number of nitrogens with zero attached hydrogens (tertiary/aromatic N) is 1. The molecule has 0 radical (unpaired) electrons. The number of hydrogen-bond donors (Lipinski definition) is 1. The summed E-state index contributed by atoms with van der Waals surface area (Å²) in [5, 5.41) is 5.64. The van der Waals surface area contributed by atoms with Gasteiger partial charge in [-0.25, -0.2) is 4.39 Å². The van der Waals surface area contributed by atoms with Gasteiger partial charge in [-0.15, -0.1) is 0 Å². The van der Waals surface area contributed by atoms with E-state index in [9.17, 15) is 4.39 Å². The van der Waals surface area contributed by atoms with Crippen molar-refractivity contribution in [2.45, 2.75) is 0 Å². The minimum atomic E-state index is -0.229. The van der Waals surface area contributed by atoms with E-state index in [4.69, 9.17) is 0 Å². The van der Waals surface area contributed by atoms with Crippen molar-refractivity contribution >= 4 is 27.7 Å². The number of benzene rings is 2. The van der Waals surface area contributed by atoms with Crippen molar-refractivity contribution in [2.75, 3.05) is 5.32 Å². The minimum Gasteiger partial charge on any atom is -0.356 e. The van der Waals surface area contributed by atoms with Gasteiger partial charge in [-0.05, 0) is 53.9 Å². The van der Waals surface area contributed by atoms with Crippen LogP contribution in [0.25, 0.3) is 16.3 Å². The Kier molecular flexibility index (Phi) is 2.97. The molecule has 4 rings (SSSR count). The van der Waals surface area contributed by atoms with E-state index in [1.807, 2.05) is 24.4 Å². The molecule has 106 valence electrons. The summed E-state index contributed by atoms with van der Waals surface area (Å²) in [6, 6.07) is 20.9. The van der Waals surface area contributed by atoms with Gasteiger partial charge in [0.15, 0.2) is 12.4 Å². The van der Waals surface area contributed by atoms with E-state index in [-0.39, 0.29) is 5.82 Å². The van der Waals surface area contributed by atoms with Crippen LogP contribution in [0.5, 0.6) is 0 Å². The summed E-state index contributed by atoms with van der Waals surface area (Å²) in [5.74, 6) is -0.229. The molecule has 3 heteroatoms. The average Bonchev–Trinajstić information content (AvgIpc) is 2.55. The zero-order chi connectivity index (χ0) is 14.9. The Morgan fingerprint density at radius 3 is 2.45 bits per heavy atom. The van der Waals surface area contributed by atoms with Gasteiger partial charge in [0.25, 0.3) is 0 Å². The minimum absolute atomic E-state index is 0.229. The van der Waals surface area contributed by atoms with Gasteiger partial charge >= 0.3 is 0 Å². The number of rotatable bonds is 2. The summed E-state index contributed by atoms with van der Waals surface area (Å²) in [6.45, 7) is 0. The summed E-state index contributed by atoms with van der Waals surface area (Å²) in [5.41, 5.74) is 3.00. The van der Waals surface area contributed by atoms with Crippen LogP contribution in [-0.4, -0.2) is 0 Å². The Bertz CT molecular complexity index is 962. The Labute approximate surface area is 127 Å². The summed E-state index contributed by atoms with van der Waals surface area (Å²) in [7, 11) is 0. The molecule has 0 unspecified atom stereocenters. The predicted molar refractivity (Wildman–Crippen MR) is 86.8 cm³/mol. The third-order valence-electron chi connectivity index (χ3n) is 3.72. The SMILES string of the molecule is Fc1ccc(Nc2ccc3c[n+]4ccccc4cc3c2)cc1. The van der Waals surface area contributed by atoms with Crippen LogP contribution in [-0.2, 0) is 0 Å². The van der Waals surface area contributed by atoms with Gasteiger partial charge in [0, 0.05) is 35.0 Å². The Morgan fingerprint density at radius 2 is 1.59 bits per heavy atom. The number of nitrogens with one attached hydrogen (secondary N) is 1. The smallest absolute Gasteiger partial charge is 0.211 e. The maximum atomic E-state index is 13.0. The van der Waals surface area contributed by atoms with Crippen LogP contribution < -0.4 is 9.72 Å². The summed E-state index contributed by atoms with van der Waals surface area (Å²) in [6.07, 6.45) is 4.16. The molecular weight excluding hydrogens is 275 g/mol. The molecule has 0 aliphatic heterocycles. The van der Waals surface area contributed by atoms with E-state index < -0.39 is 0 Å². The first-order chi connectivity index (χ1) is 10.8. The first kappa shape index (κ1) is 12.8. The molecule has 0 bridgehead atoms. The van der Waals surface area contributed by atoms with Gasteiger partial charge in [-0.2, -0.15) is 4.40 Å². The maximum Gasteiger partial charge on any atom is 0.211 e. The van der Waals surface area contributed by atoms with Crippen LogP contribution in [0.4, 0.5) is 15.8 Å². The van der Waals surface area contributed by atoms with Crippen molar-refractivity contribution in [2.24, 2.45) is 0 Å². The average molecular weight is 289 g/mol. The second-order valence-corrected chi connectivity index (χ2v) is 5.28. The van der Waals surface area contributed by atoms with E-state index in [2.05, 4.69) is 40.2 Å². The molecule has 2 aromatic heterocycles. The Hall–Kier alpha value is -2.94. The molecule has 4 aromatic rings. The topological polar surface area (TPSA) is 16.1 Å². The highest BCUT2D eigenvalue weighted by molar-refractivity contribution is 5.87. The lowest BCUT2D eigenvalue weighted by molar-refractivity contribution is -0.510. The van der Waals surface area contributed by atoms with Crippen molar-refractivity contribution in [1.82, 2.24) is 0 Å². The number of anilines is 2. The van der Waals surface area contributed by atoms with Gasteiger partial charge in [0.2, 0.25) is 5.52 Å². The molecule has 0 aliphatic rings. The van der Waals surface area contributed by atoms with Gasteiger partial charge in [0.05, 0.1) is 0 Å². The third kappa shape index (κ3) is 2.37. The molecule has 2 nitrogen and oxygen atoms in total. The maximum absolute atomic E-state index is 13.0. The molecule has 0 fully saturated rings. The van der Waals surface area contributed by atoms with Crippen molar-refractivity contribution in [3.63, 3.8) is 0 Å². The number of halogens is 1. The van der Waals surface area contributed by atoms with Crippen LogP contribution in [0.15, 0.2) is 79.1 Å². The number of fused-ring (bicyclic) bond motifs is 2. The molecule has 0 atom stereocenters. The van der Waals surface area contributed by atoms with E-state index in [0.717, 1.165) is 16.9 Å². The zero-order valence-electron chi connectivity index (χ0n) is 11.8. The van der Waals surface area contributed by atoms with Crippen molar-refractivity contribution in [1.29, 1.82) is 0 Å². The standard InChI is InChI=1S/C19H13FN2/c20-16-5-8-17(9-6-16)21-18-7-4-14-13-22-10-2-1-3-19(22)12-15(14)11-18/h1-13H/p+1. The first-order valence-corrected chi connectivity index (χ1v) is 7.14. The highest BCUT2D eigenvalue weighted by Gasteiger charge is 2.05. The van der Waals surface area contributed by atoms with Crippen LogP contribution >= 0.6 is 0 Å².